The average Bonchev–Trinajstić information content (AvgIpc) is 2.35. The van der Waals surface area contributed by atoms with Crippen molar-refractivity contribution in [2.24, 2.45) is 0 Å². The van der Waals surface area contributed by atoms with E-state index in [-0.39, 0.29) is 0 Å². The molecule has 1 atom stereocenters. The van der Waals surface area contributed by atoms with Crippen LogP contribution in [0, 0.1) is 0 Å². The molecule has 17 heavy (non-hydrogen) atoms. The first-order valence-electron chi connectivity index (χ1n) is 5.72. The highest BCUT2D eigenvalue weighted by Gasteiger charge is 2.06. The fraction of sp³-hybridized carbons (Fsp3) is 0.200. The number of fused-ring (bicyclic) bond motifs is 1. The summed E-state index contributed by atoms with van der Waals surface area (Å²) in [6.45, 7) is 3.53. The molecule has 1 unspecified atom stereocenters. The van der Waals surface area contributed by atoms with Crippen molar-refractivity contribution < 1.29 is 10.2 Å². The molecule has 0 saturated carbocycles. The van der Waals surface area contributed by atoms with E-state index >= 15 is 0 Å². The summed E-state index contributed by atoms with van der Waals surface area (Å²) >= 11 is 0. The van der Waals surface area contributed by atoms with Crippen molar-refractivity contribution >= 4 is 10.8 Å². The summed E-state index contributed by atoms with van der Waals surface area (Å²) in [5, 5.41) is 21.4. The molecule has 0 aliphatic rings. The molecule has 0 heterocycles. The van der Waals surface area contributed by atoms with Crippen LogP contribution in [0.5, 0.6) is 5.75 Å². The molecule has 0 aliphatic carbocycles. The summed E-state index contributed by atoms with van der Waals surface area (Å²) in [5.41, 5.74) is 0.865. The van der Waals surface area contributed by atoms with Crippen LogP contribution in [0.3, 0.4) is 0 Å². The van der Waals surface area contributed by atoms with Gasteiger partial charge in [-0.15, -0.1) is 6.58 Å². The largest absolute Gasteiger partial charge is 0.508 e. The van der Waals surface area contributed by atoms with Crippen molar-refractivity contribution in [3.8, 4) is 5.75 Å². The number of phenols is 1. The molecule has 0 spiro atoms. The number of aliphatic hydroxyl groups excluding tert-OH is 1. The first kappa shape index (κ1) is 11.7. The maximum absolute atomic E-state index is 9.89. The highest BCUT2D eigenvalue weighted by Crippen LogP contribution is 2.26. The summed E-state index contributed by atoms with van der Waals surface area (Å²) < 4.78 is 0. The van der Waals surface area contributed by atoms with Crippen molar-refractivity contribution in [1.29, 1.82) is 0 Å². The highest BCUT2D eigenvalue weighted by molar-refractivity contribution is 5.84. The Hall–Kier alpha value is -1.80. The fourth-order valence-corrected chi connectivity index (χ4v) is 1.90. The molecular weight excluding hydrogens is 212 g/mol. The number of aromatic hydroxyl groups is 1. The molecule has 0 bridgehead atoms. The molecule has 0 aromatic heterocycles. The normalized spacial score (nSPS) is 12.5. The molecule has 0 fully saturated rings. The van der Waals surface area contributed by atoms with Crippen LogP contribution in [0.4, 0.5) is 0 Å². The van der Waals surface area contributed by atoms with Crippen LogP contribution < -0.4 is 0 Å². The predicted octanol–water partition coefficient (Wildman–Crippen LogP) is 3.02. The molecule has 0 saturated heterocycles. The molecule has 2 aromatic carbocycles. The molecule has 2 nitrogen and oxygen atoms in total. The van der Waals surface area contributed by atoms with Gasteiger partial charge in [-0.3, -0.25) is 0 Å². The van der Waals surface area contributed by atoms with Gasteiger partial charge in [0.1, 0.15) is 5.75 Å². The second kappa shape index (κ2) is 5.02. The molecule has 88 valence electrons. The van der Waals surface area contributed by atoms with Crippen molar-refractivity contribution in [2.45, 2.75) is 18.9 Å². The zero-order valence-corrected chi connectivity index (χ0v) is 9.63. The number of aliphatic hydroxyl groups is 1. The minimum Gasteiger partial charge on any atom is -0.508 e. The third-order valence-electron chi connectivity index (χ3n) is 2.93. The van der Waals surface area contributed by atoms with Crippen LogP contribution in [-0.2, 0) is 6.42 Å². The van der Waals surface area contributed by atoms with Gasteiger partial charge in [-0.1, -0.05) is 30.3 Å². The highest BCUT2D eigenvalue weighted by atomic mass is 16.3. The van der Waals surface area contributed by atoms with Gasteiger partial charge in [-0.05, 0) is 41.3 Å². The summed E-state index contributed by atoms with van der Waals surface area (Å²) in [4.78, 5) is 0. The Kier molecular flexibility index (Phi) is 3.45. The molecule has 2 heteroatoms. The van der Waals surface area contributed by atoms with Gasteiger partial charge in [0.05, 0.1) is 6.10 Å². The van der Waals surface area contributed by atoms with Crippen LogP contribution in [0.1, 0.15) is 12.0 Å². The molecule has 0 radical (unpaired) electrons. The van der Waals surface area contributed by atoms with Crippen LogP contribution in [-0.4, -0.2) is 16.3 Å². The van der Waals surface area contributed by atoms with E-state index in [9.17, 15) is 10.2 Å². The summed E-state index contributed by atoms with van der Waals surface area (Å²) in [5.74, 6) is 0.292. The third-order valence-corrected chi connectivity index (χ3v) is 2.93. The van der Waals surface area contributed by atoms with Gasteiger partial charge in [0.25, 0.3) is 0 Å². The van der Waals surface area contributed by atoms with Crippen LogP contribution in [0.25, 0.3) is 10.8 Å². The smallest absolute Gasteiger partial charge is 0.119 e. The van der Waals surface area contributed by atoms with Crippen LogP contribution in [0.15, 0.2) is 49.1 Å². The Morgan fingerprint density at radius 1 is 1.18 bits per heavy atom. The van der Waals surface area contributed by atoms with Crippen LogP contribution in [0.2, 0.25) is 0 Å². The Labute approximate surface area is 101 Å². The molecular formula is C15H16O2. The molecule has 2 rings (SSSR count). The van der Waals surface area contributed by atoms with Crippen LogP contribution >= 0.6 is 0 Å². The predicted molar refractivity (Wildman–Crippen MR) is 70.1 cm³/mol. The fourth-order valence-electron chi connectivity index (χ4n) is 1.90. The van der Waals surface area contributed by atoms with Gasteiger partial charge in [-0.25, -0.2) is 0 Å². The minimum absolute atomic E-state index is 0.292. The lowest BCUT2D eigenvalue weighted by Crippen LogP contribution is -2.03. The quantitative estimate of drug-likeness (QED) is 0.790. The molecule has 0 aliphatic heterocycles. The van der Waals surface area contributed by atoms with E-state index < -0.39 is 6.10 Å². The first-order chi connectivity index (χ1) is 8.20. The lowest BCUT2D eigenvalue weighted by Gasteiger charge is -2.08. The monoisotopic (exact) mass is 228 g/mol. The van der Waals surface area contributed by atoms with E-state index in [1.807, 2.05) is 30.3 Å². The topological polar surface area (TPSA) is 40.5 Å². The molecule has 2 N–H and O–H groups in total. The van der Waals surface area contributed by atoms with E-state index in [2.05, 4.69) is 6.58 Å². The first-order valence-corrected chi connectivity index (χ1v) is 5.72. The van der Waals surface area contributed by atoms with E-state index in [1.54, 1.807) is 6.07 Å². The lowest BCUT2D eigenvalue weighted by molar-refractivity contribution is 0.213. The van der Waals surface area contributed by atoms with E-state index in [4.69, 9.17) is 0 Å². The zero-order chi connectivity index (χ0) is 12.3. The van der Waals surface area contributed by atoms with E-state index in [1.165, 1.54) is 6.08 Å². The third kappa shape index (κ3) is 2.66. The minimum atomic E-state index is -0.513. The maximum atomic E-state index is 9.89. The Balaban J connectivity index is 2.28. The maximum Gasteiger partial charge on any atom is 0.119 e. The van der Waals surface area contributed by atoms with E-state index in [0.29, 0.717) is 18.6 Å². The second-order valence-electron chi connectivity index (χ2n) is 4.17. The Morgan fingerprint density at radius 2 is 1.82 bits per heavy atom. The number of rotatable bonds is 4. The van der Waals surface area contributed by atoms with Gasteiger partial charge < -0.3 is 10.2 Å². The summed E-state index contributed by atoms with van der Waals surface area (Å²) in [6, 6.07) is 11.6. The Bertz CT molecular complexity index is 531. The number of benzene rings is 2. The van der Waals surface area contributed by atoms with Crippen molar-refractivity contribution in [3.05, 3.63) is 54.6 Å². The number of hydrogen-bond donors (Lipinski definition) is 2. The standard InChI is InChI=1S/C15H16O2/c1-2-14(16)8-7-13-9-11-5-3-4-6-12(11)10-15(13)17/h2-6,9-10,14,16-17H,1,7-8H2. The van der Waals surface area contributed by atoms with Crippen molar-refractivity contribution in [3.63, 3.8) is 0 Å². The zero-order valence-electron chi connectivity index (χ0n) is 9.63. The van der Waals surface area contributed by atoms with E-state index in [0.717, 1.165) is 16.3 Å². The number of phenolic OH excluding ortho intramolecular Hbond substituents is 1. The molecule has 0 amide bonds. The van der Waals surface area contributed by atoms with Crippen molar-refractivity contribution in [1.82, 2.24) is 0 Å². The number of hydrogen-bond acceptors (Lipinski definition) is 2. The van der Waals surface area contributed by atoms with Gasteiger partial charge >= 0.3 is 0 Å². The lowest BCUT2D eigenvalue weighted by atomic mass is 10.0. The van der Waals surface area contributed by atoms with Gasteiger partial charge in [-0.2, -0.15) is 0 Å². The van der Waals surface area contributed by atoms with Crippen molar-refractivity contribution in [2.75, 3.05) is 0 Å². The number of aryl methyl sites for hydroxylation is 1. The van der Waals surface area contributed by atoms with Gasteiger partial charge in [0, 0.05) is 0 Å². The van der Waals surface area contributed by atoms with Gasteiger partial charge in [0.15, 0.2) is 0 Å². The molecule has 2 aromatic rings. The summed E-state index contributed by atoms with van der Waals surface area (Å²) in [7, 11) is 0. The summed E-state index contributed by atoms with van der Waals surface area (Å²) in [6.07, 6.45) is 2.22. The SMILES string of the molecule is C=CC(O)CCc1cc2ccccc2cc1O. The van der Waals surface area contributed by atoms with Gasteiger partial charge in [0.2, 0.25) is 0 Å². The average molecular weight is 228 g/mol. The second-order valence-corrected chi connectivity index (χ2v) is 4.17. The Morgan fingerprint density at radius 3 is 2.47 bits per heavy atom.